The predicted octanol–water partition coefficient (Wildman–Crippen LogP) is 4.26. The summed E-state index contributed by atoms with van der Waals surface area (Å²) in [5.41, 5.74) is -0.895. The van der Waals surface area contributed by atoms with Crippen molar-refractivity contribution >= 4 is 19.5 Å². The van der Waals surface area contributed by atoms with E-state index in [1.54, 1.807) is 7.05 Å². The second-order valence-corrected chi connectivity index (χ2v) is 15.1. The Balaban J connectivity index is 0.000000271. The smallest absolute Gasteiger partial charge is 0.0494 e. The van der Waals surface area contributed by atoms with Gasteiger partial charge in [-0.05, 0) is 55.4 Å². The Morgan fingerprint density at radius 2 is 0.926 bits per heavy atom. The highest BCUT2D eigenvalue weighted by Crippen LogP contribution is 2.29. The molecule has 0 aromatic rings. The van der Waals surface area contributed by atoms with Crippen LogP contribution in [0.25, 0.3) is 0 Å². The molecule has 0 fully saturated rings. The quantitative estimate of drug-likeness (QED) is 0.604. The Hall–Kier alpha value is -0.980. The van der Waals surface area contributed by atoms with E-state index in [4.69, 9.17) is 4.78 Å². The van der Waals surface area contributed by atoms with Crippen LogP contribution in [0.5, 0.6) is 0 Å². The Labute approximate surface area is 167 Å². The highest BCUT2D eigenvalue weighted by Gasteiger charge is 2.32. The van der Waals surface area contributed by atoms with E-state index in [9.17, 15) is 8.42 Å². The number of hydrogen-bond donors (Lipinski definition) is 1. The van der Waals surface area contributed by atoms with Crippen LogP contribution >= 0.6 is 0 Å². The second kappa shape index (κ2) is 7.45. The molecule has 0 bridgehead atoms. The molecule has 2 aliphatic rings. The average Bonchev–Trinajstić information content (AvgIpc) is 2.54. The SMILES string of the molecule is CC1(C)C#CC(C)(C)CS(=N)(=O)C1.CN=S1(=O)CC(C)(C)C#CC(C)(C)C1. The van der Waals surface area contributed by atoms with Gasteiger partial charge >= 0.3 is 0 Å². The van der Waals surface area contributed by atoms with Crippen molar-refractivity contribution < 1.29 is 8.42 Å². The summed E-state index contributed by atoms with van der Waals surface area (Å²) >= 11 is 0. The standard InChI is InChI=1S/C11H19NOS.C10H17NOS/c1-10(2)6-7-11(3,4)9-14(13,8-10)12-5;1-9(2)5-6-10(3,4)8-13(11,12)7-9/h8-9H2,1-5H3;11H,7-8H2,1-4H3. The summed E-state index contributed by atoms with van der Waals surface area (Å²) in [6.45, 7) is 16.0. The third-order valence-electron chi connectivity index (χ3n) is 4.17. The van der Waals surface area contributed by atoms with E-state index in [2.05, 4.69) is 28.0 Å². The molecule has 1 N–H and O–H groups in total. The third-order valence-corrected chi connectivity index (χ3v) is 9.56. The first-order valence-corrected chi connectivity index (χ1v) is 13.0. The first-order valence-electron chi connectivity index (χ1n) is 9.24. The molecule has 0 aromatic heterocycles. The molecule has 0 aliphatic carbocycles. The monoisotopic (exact) mass is 412 g/mol. The zero-order chi connectivity index (χ0) is 21.4. The highest BCUT2D eigenvalue weighted by atomic mass is 32.2. The second-order valence-electron chi connectivity index (χ2n) is 10.4. The van der Waals surface area contributed by atoms with Crippen molar-refractivity contribution in [1.82, 2.24) is 0 Å². The first kappa shape index (κ1) is 24.1. The lowest BCUT2D eigenvalue weighted by Crippen LogP contribution is -2.26. The van der Waals surface area contributed by atoms with Crippen molar-refractivity contribution in [2.75, 3.05) is 30.1 Å². The molecule has 2 aliphatic heterocycles. The zero-order valence-electron chi connectivity index (χ0n) is 18.4. The first-order chi connectivity index (χ1) is 11.8. The van der Waals surface area contributed by atoms with Gasteiger partial charge < -0.3 is 0 Å². The molecule has 0 radical (unpaired) electrons. The van der Waals surface area contributed by atoms with Crippen molar-refractivity contribution in [1.29, 1.82) is 4.78 Å². The van der Waals surface area contributed by atoms with Gasteiger partial charge in [-0.1, -0.05) is 23.7 Å². The summed E-state index contributed by atoms with van der Waals surface area (Å²) in [6, 6.07) is 0. The molecule has 0 unspecified atom stereocenters. The van der Waals surface area contributed by atoms with Gasteiger partial charge in [-0.15, -0.1) is 0 Å². The number of rotatable bonds is 0. The van der Waals surface area contributed by atoms with E-state index in [-0.39, 0.29) is 21.7 Å². The lowest BCUT2D eigenvalue weighted by Gasteiger charge is -2.20. The van der Waals surface area contributed by atoms with Crippen LogP contribution in [0.2, 0.25) is 0 Å². The normalized spacial score (nSPS) is 27.6. The van der Waals surface area contributed by atoms with Gasteiger partial charge in [0.25, 0.3) is 0 Å². The van der Waals surface area contributed by atoms with Crippen LogP contribution in [0.15, 0.2) is 4.36 Å². The van der Waals surface area contributed by atoms with Gasteiger partial charge in [-0.3, -0.25) is 4.78 Å². The molecule has 0 amide bonds. The van der Waals surface area contributed by atoms with E-state index < -0.39 is 19.5 Å². The van der Waals surface area contributed by atoms with Crippen molar-refractivity contribution in [2.45, 2.75) is 55.4 Å². The van der Waals surface area contributed by atoms with Gasteiger partial charge in [0.15, 0.2) is 0 Å². The number of hydrogen-bond acceptors (Lipinski definition) is 4. The predicted molar refractivity (Wildman–Crippen MR) is 118 cm³/mol. The van der Waals surface area contributed by atoms with Crippen LogP contribution in [-0.2, 0) is 19.5 Å². The summed E-state index contributed by atoms with van der Waals surface area (Å²) in [5.74, 6) is 14.6. The summed E-state index contributed by atoms with van der Waals surface area (Å²) in [6.07, 6.45) is 0. The van der Waals surface area contributed by atoms with Crippen LogP contribution in [0.1, 0.15) is 55.4 Å². The maximum atomic E-state index is 12.4. The summed E-state index contributed by atoms with van der Waals surface area (Å²) in [7, 11) is -2.89. The fraction of sp³-hybridized carbons (Fsp3) is 0.810. The van der Waals surface area contributed by atoms with E-state index in [1.165, 1.54) is 0 Å². The molecule has 0 spiro atoms. The van der Waals surface area contributed by atoms with Gasteiger partial charge in [0.1, 0.15) is 0 Å². The average molecular weight is 413 g/mol. The van der Waals surface area contributed by atoms with Crippen molar-refractivity contribution in [2.24, 2.45) is 26.0 Å². The Kier molecular flexibility index (Phi) is 6.64. The Morgan fingerprint density at radius 1 is 0.667 bits per heavy atom. The van der Waals surface area contributed by atoms with Gasteiger partial charge in [0.2, 0.25) is 0 Å². The molecule has 2 rings (SSSR count). The van der Waals surface area contributed by atoms with E-state index in [0.717, 1.165) is 0 Å². The van der Waals surface area contributed by atoms with Crippen molar-refractivity contribution in [3.8, 4) is 23.7 Å². The van der Waals surface area contributed by atoms with Crippen LogP contribution in [0.3, 0.4) is 0 Å². The molecule has 0 saturated carbocycles. The Morgan fingerprint density at radius 3 is 1.19 bits per heavy atom. The molecule has 0 saturated heterocycles. The van der Waals surface area contributed by atoms with Crippen LogP contribution < -0.4 is 0 Å². The third kappa shape index (κ3) is 8.28. The van der Waals surface area contributed by atoms with Crippen LogP contribution in [0, 0.1) is 50.1 Å². The van der Waals surface area contributed by atoms with Crippen LogP contribution in [-0.4, -0.2) is 38.5 Å². The van der Waals surface area contributed by atoms with Gasteiger partial charge in [0, 0.05) is 71.2 Å². The fourth-order valence-corrected chi connectivity index (χ4v) is 8.68. The van der Waals surface area contributed by atoms with Crippen molar-refractivity contribution in [3.63, 3.8) is 0 Å². The molecule has 154 valence electrons. The zero-order valence-corrected chi connectivity index (χ0v) is 20.0. The van der Waals surface area contributed by atoms with Gasteiger partial charge in [-0.25, -0.2) is 12.8 Å². The van der Waals surface area contributed by atoms with Gasteiger partial charge in [-0.2, -0.15) is 0 Å². The molecular formula is C21H36N2O2S2. The minimum absolute atomic E-state index is 0.176. The molecule has 0 aromatic carbocycles. The maximum Gasteiger partial charge on any atom is 0.0494 e. The largest absolute Gasteiger partial charge is 0.253 e. The van der Waals surface area contributed by atoms with E-state index >= 15 is 0 Å². The minimum atomic E-state index is -2.46. The lowest BCUT2D eigenvalue weighted by molar-refractivity contribution is 0.561. The van der Waals surface area contributed by atoms with E-state index in [1.807, 2.05) is 55.4 Å². The molecule has 27 heavy (non-hydrogen) atoms. The van der Waals surface area contributed by atoms with Crippen molar-refractivity contribution in [3.05, 3.63) is 0 Å². The fourth-order valence-electron chi connectivity index (χ4n) is 3.35. The Bertz CT molecular complexity index is 866. The highest BCUT2D eigenvalue weighted by molar-refractivity contribution is 7.93. The molecule has 4 nitrogen and oxygen atoms in total. The maximum absolute atomic E-state index is 12.4. The molecular weight excluding hydrogens is 376 g/mol. The molecule has 2 heterocycles. The summed E-state index contributed by atoms with van der Waals surface area (Å²) in [5, 5.41) is 0. The van der Waals surface area contributed by atoms with Crippen LogP contribution in [0.4, 0.5) is 0 Å². The summed E-state index contributed by atoms with van der Waals surface area (Å²) < 4.78 is 36.0. The van der Waals surface area contributed by atoms with Gasteiger partial charge in [0.05, 0.1) is 0 Å². The lowest BCUT2D eigenvalue weighted by atomic mass is 9.92. The molecule has 6 heteroatoms. The topological polar surface area (TPSA) is 70.3 Å². The van der Waals surface area contributed by atoms with E-state index in [0.29, 0.717) is 23.0 Å². The summed E-state index contributed by atoms with van der Waals surface area (Å²) in [4.78, 5) is 0. The molecule has 0 atom stereocenters. The number of nitrogens with one attached hydrogen (secondary N) is 1. The number of nitrogens with zero attached hydrogens (tertiary/aromatic N) is 1. The minimum Gasteiger partial charge on any atom is -0.253 e.